The minimum Gasteiger partial charge on any atom is -0.361 e. The van der Waals surface area contributed by atoms with Gasteiger partial charge in [-0.1, -0.05) is 30.3 Å². The lowest BCUT2D eigenvalue weighted by Crippen LogP contribution is -2.18. The third kappa shape index (κ3) is 3.60. The molecule has 0 unspecified atom stereocenters. The summed E-state index contributed by atoms with van der Waals surface area (Å²) in [5.74, 6) is 0.217. The van der Waals surface area contributed by atoms with Gasteiger partial charge in [0.2, 0.25) is 5.91 Å². The van der Waals surface area contributed by atoms with Crippen LogP contribution in [-0.4, -0.2) is 20.7 Å². The zero-order chi connectivity index (χ0) is 18.8. The van der Waals surface area contributed by atoms with Crippen LogP contribution >= 0.6 is 0 Å². The number of hydrogen-bond donors (Lipinski definition) is 2. The molecule has 0 fully saturated rings. The van der Waals surface area contributed by atoms with E-state index < -0.39 is 0 Å². The lowest BCUT2D eigenvalue weighted by atomic mass is 10.1. The summed E-state index contributed by atoms with van der Waals surface area (Å²) in [6.07, 6.45) is 3.82. The van der Waals surface area contributed by atoms with Crippen molar-refractivity contribution >= 4 is 22.6 Å². The molecule has 4 aromatic rings. The van der Waals surface area contributed by atoms with Gasteiger partial charge >= 0.3 is 0 Å². The molecule has 5 nitrogen and oxygen atoms in total. The standard InChI is InChI=1S/C21H19FN4O/c1-14-11-24-26(13-15-5-4-6-17(22)9-15)21(14)25-20(27)10-16-12-23-19-8-3-2-7-18(16)19/h2-9,11-12,23H,10,13H2,1H3,(H,25,27). The predicted molar refractivity (Wildman–Crippen MR) is 103 cm³/mol. The molecule has 0 saturated heterocycles. The number of hydrogen-bond acceptors (Lipinski definition) is 2. The molecule has 0 aliphatic carbocycles. The van der Waals surface area contributed by atoms with Crippen molar-refractivity contribution in [3.05, 3.63) is 83.4 Å². The van der Waals surface area contributed by atoms with Gasteiger partial charge in [-0.2, -0.15) is 5.10 Å². The van der Waals surface area contributed by atoms with Gasteiger partial charge in [0.05, 0.1) is 19.2 Å². The summed E-state index contributed by atoms with van der Waals surface area (Å²) in [4.78, 5) is 15.8. The second-order valence-corrected chi connectivity index (χ2v) is 6.55. The summed E-state index contributed by atoms with van der Waals surface area (Å²) >= 11 is 0. The number of fused-ring (bicyclic) bond motifs is 1. The van der Waals surface area contributed by atoms with E-state index in [1.165, 1.54) is 12.1 Å². The van der Waals surface area contributed by atoms with Gasteiger partial charge in [0.25, 0.3) is 0 Å². The van der Waals surface area contributed by atoms with E-state index in [2.05, 4.69) is 15.4 Å². The number of anilines is 1. The van der Waals surface area contributed by atoms with Gasteiger partial charge in [0.15, 0.2) is 0 Å². The second-order valence-electron chi connectivity index (χ2n) is 6.55. The molecule has 0 atom stereocenters. The number of carbonyl (C=O) groups is 1. The first kappa shape index (κ1) is 17.0. The highest BCUT2D eigenvalue weighted by atomic mass is 19.1. The summed E-state index contributed by atoms with van der Waals surface area (Å²) in [6.45, 7) is 2.27. The number of nitrogens with zero attached hydrogens (tertiary/aromatic N) is 2. The zero-order valence-corrected chi connectivity index (χ0v) is 14.9. The SMILES string of the molecule is Cc1cnn(Cc2cccc(F)c2)c1NC(=O)Cc1c[nH]c2ccccc12. The first-order valence-corrected chi connectivity index (χ1v) is 8.72. The van der Waals surface area contributed by atoms with Crippen molar-refractivity contribution in [1.82, 2.24) is 14.8 Å². The fourth-order valence-electron chi connectivity index (χ4n) is 3.20. The minimum absolute atomic E-state index is 0.121. The molecule has 0 aliphatic rings. The largest absolute Gasteiger partial charge is 0.361 e. The van der Waals surface area contributed by atoms with Crippen LogP contribution in [0.4, 0.5) is 10.2 Å². The number of nitrogens with one attached hydrogen (secondary N) is 2. The Bertz CT molecular complexity index is 1110. The summed E-state index contributed by atoms with van der Waals surface area (Å²) < 4.78 is 15.1. The Morgan fingerprint density at radius 2 is 2.07 bits per heavy atom. The number of aryl methyl sites for hydroxylation is 1. The van der Waals surface area contributed by atoms with Crippen LogP contribution in [0.3, 0.4) is 0 Å². The van der Waals surface area contributed by atoms with Gasteiger partial charge in [-0.3, -0.25) is 4.79 Å². The number of carbonyl (C=O) groups excluding carboxylic acids is 1. The number of rotatable bonds is 5. The van der Waals surface area contributed by atoms with Crippen LogP contribution < -0.4 is 5.32 Å². The number of para-hydroxylation sites is 1. The van der Waals surface area contributed by atoms with Crippen LogP contribution in [0.1, 0.15) is 16.7 Å². The Labute approximate surface area is 155 Å². The van der Waals surface area contributed by atoms with E-state index in [4.69, 9.17) is 0 Å². The average Bonchev–Trinajstić information content (AvgIpc) is 3.20. The molecule has 2 N–H and O–H groups in total. The predicted octanol–water partition coefficient (Wildman–Crippen LogP) is 4.04. The van der Waals surface area contributed by atoms with Crippen molar-refractivity contribution in [1.29, 1.82) is 0 Å². The van der Waals surface area contributed by atoms with E-state index in [1.807, 2.05) is 43.5 Å². The Hall–Kier alpha value is -3.41. The summed E-state index contributed by atoms with van der Waals surface area (Å²) in [5.41, 5.74) is 3.59. The zero-order valence-electron chi connectivity index (χ0n) is 14.9. The van der Waals surface area contributed by atoms with Crippen molar-refractivity contribution in [3.63, 3.8) is 0 Å². The van der Waals surface area contributed by atoms with Gasteiger partial charge in [-0.15, -0.1) is 0 Å². The minimum atomic E-state index is -0.290. The van der Waals surface area contributed by atoms with Crippen LogP contribution in [0.15, 0.2) is 60.9 Å². The highest BCUT2D eigenvalue weighted by Gasteiger charge is 2.14. The number of halogens is 1. The topological polar surface area (TPSA) is 62.7 Å². The maximum Gasteiger partial charge on any atom is 0.230 e. The third-order valence-electron chi connectivity index (χ3n) is 4.53. The molecule has 0 bridgehead atoms. The third-order valence-corrected chi connectivity index (χ3v) is 4.53. The second kappa shape index (κ2) is 7.07. The molecule has 0 spiro atoms. The van der Waals surface area contributed by atoms with Crippen LogP contribution in [0.25, 0.3) is 10.9 Å². The molecule has 2 aromatic heterocycles. The molecule has 0 aliphatic heterocycles. The van der Waals surface area contributed by atoms with Crippen molar-refractivity contribution in [2.75, 3.05) is 5.32 Å². The number of amides is 1. The van der Waals surface area contributed by atoms with E-state index >= 15 is 0 Å². The van der Waals surface area contributed by atoms with Gasteiger partial charge in [0.1, 0.15) is 11.6 Å². The molecule has 1 amide bonds. The fraction of sp³-hybridized carbons (Fsp3) is 0.143. The highest BCUT2D eigenvalue weighted by Crippen LogP contribution is 2.20. The Morgan fingerprint density at radius 3 is 2.93 bits per heavy atom. The monoisotopic (exact) mass is 362 g/mol. The van der Waals surface area contributed by atoms with Gasteiger partial charge < -0.3 is 10.3 Å². The first-order chi connectivity index (χ1) is 13.1. The Morgan fingerprint density at radius 1 is 1.22 bits per heavy atom. The van der Waals surface area contributed by atoms with Gasteiger partial charge in [-0.05, 0) is 36.2 Å². The molecular weight excluding hydrogens is 343 g/mol. The molecule has 0 saturated carbocycles. The Kier molecular flexibility index (Phi) is 4.46. The maximum absolute atomic E-state index is 13.4. The molecule has 136 valence electrons. The van der Waals surface area contributed by atoms with Crippen molar-refractivity contribution < 1.29 is 9.18 Å². The van der Waals surface area contributed by atoms with Crippen LogP contribution in [-0.2, 0) is 17.8 Å². The highest BCUT2D eigenvalue weighted by molar-refractivity contribution is 5.95. The van der Waals surface area contributed by atoms with E-state index in [0.717, 1.165) is 27.6 Å². The molecule has 27 heavy (non-hydrogen) atoms. The molecule has 4 rings (SSSR count). The number of aromatic amines is 1. The number of benzene rings is 2. The van der Waals surface area contributed by atoms with Gasteiger partial charge in [-0.25, -0.2) is 9.07 Å². The van der Waals surface area contributed by atoms with Crippen molar-refractivity contribution in [2.24, 2.45) is 0 Å². The molecule has 0 radical (unpaired) electrons. The van der Waals surface area contributed by atoms with Crippen molar-refractivity contribution in [2.45, 2.75) is 19.9 Å². The maximum atomic E-state index is 13.4. The van der Waals surface area contributed by atoms with Crippen LogP contribution in [0.2, 0.25) is 0 Å². The molecule has 6 heteroatoms. The van der Waals surface area contributed by atoms with E-state index in [9.17, 15) is 9.18 Å². The lowest BCUT2D eigenvalue weighted by molar-refractivity contribution is -0.115. The lowest BCUT2D eigenvalue weighted by Gasteiger charge is -2.10. The van der Waals surface area contributed by atoms with E-state index in [0.29, 0.717) is 12.4 Å². The number of H-pyrrole nitrogens is 1. The quantitative estimate of drug-likeness (QED) is 0.563. The van der Waals surface area contributed by atoms with Crippen LogP contribution in [0, 0.1) is 12.7 Å². The van der Waals surface area contributed by atoms with Gasteiger partial charge in [0, 0.05) is 22.7 Å². The Balaban J connectivity index is 1.52. The normalized spacial score (nSPS) is 11.0. The average molecular weight is 362 g/mol. The molecular formula is C21H19FN4O. The molecule has 2 heterocycles. The van der Waals surface area contributed by atoms with Crippen molar-refractivity contribution in [3.8, 4) is 0 Å². The summed E-state index contributed by atoms with van der Waals surface area (Å²) in [5, 5.41) is 8.30. The summed E-state index contributed by atoms with van der Waals surface area (Å²) in [6, 6.07) is 14.2. The van der Waals surface area contributed by atoms with E-state index in [-0.39, 0.29) is 18.1 Å². The summed E-state index contributed by atoms with van der Waals surface area (Å²) in [7, 11) is 0. The fourth-order valence-corrected chi connectivity index (χ4v) is 3.20. The van der Waals surface area contributed by atoms with E-state index in [1.54, 1.807) is 16.9 Å². The number of aromatic nitrogens is 3. The smallest absolute Gasteiger partial charge is 0.230 e. The first-order valence-electron chi connectivity index (χ1n) is 8.72. The molecule has 2 aromatic carbocycles. The van der Waals surface area contributed by atoms with Crippen LogP contribution in [0.5, 0.6) is 0 Å².